The summed E-state index contributed by atoms with van der Waals surface area (Å²) in [6.45, 7) is 24.6. The number of hydrogen-bond donors (Lipinski definition) is 2. The Balaban J connectivity index is 0.000000261. The van der Waals surface area contributed by atoms with Crippen LogP contribution in [-0.2, 0) is 19.3 Å². The predicted molar refractivity (Wildman–Crippen MR) is 188 cm³/mol. The number of carbonyl (C=O) groups is 2. The van der Waals surface area contributed by atoms with E-state index in [0.29, 0.717) is 22.7 Å². The van der Waals surface area contributed by atoms with Crippen LogP contribution in [0, 0.1) is 13.1 Å². The average Bonchev–Trinajstić information content (AvgIpc) is 3.01. The van der Waals surface area contributed by atoms with E-state index in [0.717, 1.165) is 9.79 Å². The summed E-state index contributed by atoms with van der Waals surface area (Å²) in [6, 6.07) is 26.5. The Kier molecular flexibility index (Phi) is 12.4. The predicted octanol–water partition coefficient (Wildman–Crippen LogP) is 10.2. The van der Waals surface area contributed by atoms with Crippen LogP contribution in [0.4, 0.5) is 32.3 Å². The summed E-state index contributed by atoms with van der Waals surface area (Å²) in [5.41, 5.74) is 0.980. The zero-order valence-corrected chi connectivity index (χ0v) is 29.0. The van der Waals surface area contributed by atoms with Gasteiger partial charge in [0.25, 0.3) is 0 Å². The van der Waals surface area contributed by atoms with Gasteiger partial charge in [0.2, 0.25) is 9.84 Å². The summed E-state index contributed by atoms with van der Waals surface area (Å²) in [4.78, 5) is 32.3. The van der Waals surface area contributed by atoms with Gasteiger partial charge in [-0.3, -0.25) is 10.6 Å². The lowest BCUT2D eigenvalue weighted by Gasteiger charge is -2.19. The van der Waals surface area contributed by atoms with Crippen molar-refractivity contribution in [3.63, 3.8) is 0 Å². The highest BCUT2D eigenvalue weighted by Gasteiger charge is 2.19. The van der Waals surface area contributed by atoms with Crippen LogP contribution in [0.3, 0.4) is 0 Å². The molecule has 0 saturated carbocycles. The highest BCUT2D eigenvalue weighted by atomic mass is 32.2. The molecular formula is C36H36N4O6S2. The third-order valence-electron chi connectivity index (χ3n) is 5.79. The number of ether oxygens (including phenoxy) is 2. The molecule has 2 amide bonds. The van der Waals surface area contributed by atoms with Crippen LogP contribution in [-0.4, -0.2) is 31.8 Å². The molecule has 0 fully saturated rings. The molecule has 48 heavy (non-hydrogen) atoms. The average molecular weight is 685 g/mol. The molecule has 0 atom stereocenters. The fourth-order valence-corrected chi connectivity index (χ4v) is 5.80. The molecule has 10 nitrogen and oxygen atoms in total. The smallest absolute Gasteiger partial charge is 0.412 e. The van der Waals surface area contributed by atoms with E-state index in [4.69, 9.17) is 22.6 Å². The molecule has 4 aromatic carbocycles. The van der Waals surface area contributed by atoms with E-state index in [9.17, 15) is 18.0 Å². The van der Waals surface area contributed by atoms with Crippen LogP contribution in [0.1, 0.15) is 41.5 Å². The minimum Gasteiger partial charge on any atom is -0.444 e. The Bertz CT molecular complexity index is 1900. The second-order valence-corrected chi connectivity index (χ2v) is 15.2. The minimum absolute atomic E-state index is 0.0952. The third kappa shape index (κ3) is 12.1. The van der Waals surface area contributed by atoms with Gasteiger partial charge in [0.05, 0.1) is 22.9 Å². The van der Waals surface area contributed by atoms with Gasteiger partial charge in [0.15, 0.2) is 11.4 Å². The molecule has 0 aromatic heterocycles. The number of hydrogen-bond acceptors (Lipinski definition) is 7. The van der Waals surface area contributed by atoms with Crippen molar-refractivity contribution in [2.75, 3.05) is 10.6 Å². The van der Waals surface area contributed by atoms with Crippen molar-refractivity contribution >= 4 is 56.5 Å². The number of carbonyl (C=O) groups excluding carboxylic acids is 2. The van der Waals surface area contributed by atoms with Gasteiger partial charge in [-0.25, -0.2) is 27.7 Å². The lowest BCUT2D eigenvalue weighted by Crippen LogP contribution is -2.27. The monoisotopic (exact) mass is 684 g/mol. The second-order valence-electron chi connectivity index (χ2n) is 12.1. The van der Waals surface area contributed by atoms with Crippen molar-refractivity contribution in [2.24, 2.45) is 0 Å². The largest absolute Gasteiger partial charge is 0.444 e. The molecule has 2 N–H and O–H groups in total. The standard InChI is InChI=1S/C18H18N2O4S.C18H18N2O2S/c1-18(2,3)24-17(21)20-14-7-11-16(12-8-14)25(22,23)15-9-5-13(19-4)6-10-15;1-18(2,3)22-17(21)20-14-7-11-16(12-8-14)23-15-9-5-13(19-4)6-10-15/h5-12H,1-3H3,(H,20,21);5-12H,1-3H3,(H,20,21). The van der Waals surface area contributed by atoms with Crippen molar-refractivity contribution in [1.82, 2.24) is 0 Å². The molecule has 0 saturated heterocycles. The highest BCUT2D eigenvalue weighted by Crippen LogP contribution is 2.30. The molecule has 0 aliphatic heterocycles. The summed E-state index contributed by atoms with van der Waals surface area (Å²) in [5, 5.41) is 5.24. The molecule has 0 heterocycles. The van der Waals surface area contributed by atoms with Crippen LogP contribution in [0.2, 0.25) is 0 Å². The first-order chi connectivity index (χ1) is 22.5. The number of anilines is 2. The van der Waals surface area contributed by atoms with Gasteiger partial charge >= 0.3 is 12.2 Å². The molecular weight excluding hydrogens is 649 g/mol. The Morgan fingerprint density at radius 1 is 0.583 bits per heavy atom. The van der Waals surface area contributed by atoms with Gasteiger partial charge in [0.1, 0.15) is 11.2 Å². The van der Waals surface area contributed by atoms with Gasteiger partial charge in [-0.15, -0.1) is 0 Å². The highest BCUT2D eigenvalue weighted by molar-refractivity contribution is 7.99. The normalized spacial score (nSPS) is 11.1. The van der Waals surface area contributed by atoms with E-state index < -0.39 is 33.2 Å². The van der Waals surface area contributed by atoms with Gasteiger partial charge in [0, 0.05) is 21.2 Å². The Morgan fingerprint density at radius 3 is 1.25 bits per heavy atom. The fraction of sp³-hybridized carbons (Fsp3) is 0.222. The van der Waals surface area contributed by atoms with Crippen molar-refractivity contribution in [1.29, 1.82) is 0 Å². The Morgan fingerprint density at radius 2 is 0.896 bits per heavy atom. The van der Waals surface area contributed by atoms with E-state index in [1.54, 1.807) is 44.7 Å². The third-order valence-corrected chi connectivity index (χ3v) is 8.59. The van der Waals surface area contributed by atoms with E-state index in [1.165, 1.54) is 48.5 Å². The first-order valence-corrected chi connectivity index (χ1v) is 16.9. The molecule has 0 unspecified atom stereocenters. The molecule has 4 rings (SSSR count). The molecule has 248 valence electrons. The van der Waals surface area contributed by atoms with Crippen LogP contribution in [0.15, 0.2) is 117 Å². The summed E-state index contributed by atoms with van der Waals surface area (Å²) < 4.78 is 35.5. The first kappa shape index (κ1) is 37.2. The van der Waals surface area contributed by atoms with Gasteiger partial charge in [-0.2, -0.15) is 0 Å². The lowest BCUT2D eigenvalue weighted by atomic mass is 10.2. The number of sulfone groups is 1. The fourth-order valence-electron chi connectivity index (χ4n) is 3.73. The van der Waals surface area contributed by atoms with E-state index in [1.807, 2.05) is 57.2 Å². The summed E-state index contributed by atoms with van der Waals surface area (Å²) in [6.07, 6.45) is -1.08. The number of nitrogens with zero attached hydrogens (tertiary/aromatic N) is 2. The number of benzene rings is 4. The van der Waals surface area contributed by atoms with Crippen molar-refractivity contribution in [3.05, 3.63) is 120 Å². The van der Waals surface area contributed by atoms with E-state index >= 15 is 0 Å². The Labute approximate surface area is 286 Å². The second kappa shape index (κ2) is 16.0. The molecule has 0 spiro atoms. The zero-order chi connectivity index (χ0) is 35.5. The SMILES string of the molecule is [C-]#[N+]c1ccc(S(=O)(=O)c2ccc(NC(=O)OC(C)(C)C)cc2)cc1.[C-]#[N+]c1ccc(Sc2ccc(NC(=O)OC(C)(C)C)cc2)cc1. The topological polar surface area (TPSA) is 120 Å². The van der Waals surface area contributed by atoms with Gasteiger partial charge in [-0.05, 0) is 90.1 Å². The maximum Gasteiger partial charge on any atom is 0.412 e. The van der Waals surface area contributed by atoms with Crippen LogP contribution < -0.4 is 10.6 Å². The number of amides is 2. The zero-order valence-electron chi connectivity index (χ0n) is 27.4. The quantitative estimate of drug-likeness (QED) is 0.194. The van der Waals surface area contributed by atoms with E-state index in [2.05, 4.69) is 20.3 Å². The van der Waals surface area contributed by atoms with Crippen LogP contribution in [0.5, 0.6) is 0 Å². The molecule has 0 aliphatic carbocycles. The van der Waals surface area contributed by atoms with E-state index in [-0.39, 0.29) is 9.79 Å². The first-order valence-electron chi connectivity index (χ1n) is 14.6. The summed E-state index contributed by atoms with van der Waals surface area (Å²) in [7, 11) is -3.68. The van der Waals surface area contributed by atoms with Gasteiger partial charge < -0.3 is 9.47 Å². The van der Waals surface area contributed by atoms with Gasteiger partial charge in [-0.1, -0.05) is 60.3 Å². The molecule has 4 aromatic rings. The van der Waals surface area contributed by atoms with Crippen LogP contribution >= 0.6 is 11.8 Å². The van der Waals surface area contributed by atoms with Crippen molar-refractivity contribution in [3.8, 4) is 0 Å². The maximum absolute atomic E-state index is 12.6. The lowest BCUT2D eigenvalue weighted by molar-refractivity contribution is 0.0624. The summed E-state index contributed by atoms with van der Waals surface area (Å²) in [5.74, 6) is 0. The number of rotatable bonds is 6. The molecule has 0 radical (unpaired) electrons. The Hall–Kier alpha value is -5.30. The van der Waals surface area contributed by atoms with Crippen LogP contribution in [0.25, 0.3) is 9.69 Å². The minimum atomic E-state index is -3.68. The van der Waals surface area contributed by atoms with Crippen molar-refractivity contribution in [2.45, 2.75) is 72.3 Å². The summed E-state index contributed by atoms with van der Waals surface area (Å²) >= 11 is 1.60. The number of nitrogens with one attached hydrogen (secondary N) is 2. The molecule has 0 bridgehead atoms. The molecule has 12 heteroatoms. The maximum atomic E-state index is 12.6. The van der Waals surface area contributed by atoms with Crippen molar-refractivity contribution < 1.29 is 27.5 Å². The molecule has 0 aliphatic rings.